The molecule has 1 aliphatic heterocycles. The first-order valence-corrected chi connectivity index (χ1v) is 12.2. The van der Waals surface area contributed by atoms with Gasteiger partial charge in [-0.3, -0.25) is 0 Å². The highest BCUT2D eigenvalue weighted by molar-refractivity contribution is 5.81. The van der Waals surface area contributed by atoms with Crippen molar-refractivity contribution in [2.24, 2.45) is 5.92 Å². The van der Waals surface area contributed by atoms with Gasteiger partial charge in [-0.15, -0.1) is 0 Å². The van der Waals surface area contributed by atoms with Crippen LogP contribution in [0.5, 0.6) is 5.75 Å². The number of hydrogen-bond donors (Lipinski definition) is 1. The summed E-state index contributed by atoms with van der Waals surface area (Å²) >= 11 is 0. The molecule has 2 aromatic carbocycles. The fourth-order valence-electron chi connectivity index (χ4n) is 4.32. The van der Waals surface area contributed by atoms with Crippen LogP contribution in [0.2, 0.25) is 0 Å². The first kappa shape index (κ1) is 25.6. The highest BCUT2D eigenvalue weighted by atomic mass is 16.6. The van der Waals surface area contributed by atoms with Crippen molar-refractivity contribution >= 4 is 12.1 Å². The lowest BCUT2D eigenvalue weighted by Gasteiger charge is -2.34. The largest absolute Gasteiger partial charge is 0.486 e. The lowest BCUT2D eigenvalue weighted by atomic mass is 9.86. The summed E-state index contributed by atoms with van der Waals surface area (Å²) < 4.78 is 17.7. The Morgan fingerprint density at radius 1 is 1.00 bits per heavy atom. The second kappa shape index (κ2) is 11.9. The lowest BCUT2D eigenvalue weighted by Crippen LogP contribution is -2.48. The minimum Gasteiger partial charge on any atom is -0.486 e. The topological polar surface area (TPSA) is 73.9 Å². The van der Waals surface area contributed by atoms with E-state index < -0.39 is 29.8 Å². The molecule has 0 radical (unpaired) electrons. The summed E-state index contributed by atoms with van der Waals surface area (Å²) in [4.78, 5) is 25.4. The van der Waals surface area contributed by atoms with Crippen LogP contribution < -0.4 is 10.1 Å². The van der Waals surface area contributed by atoms with Gasteiger partial charge in [0.25, 0.3) is 0 Å². The average molecular weight is 468 g/mol. The van der Waals surface area contributed by atoms with Crippen molar-refractivity contribution in [3.63, 3.8) is 0 Å². The van der Waals surface area contributed by atoms with Gasteiger partial charge < -0.3 is 19.5 Å². The van der Waals surface area contributed by atoms with Crippen molar-refractivity contribution in [3.8, 4) is 5.75 Å². The molecule has 1 fully saturated rings. The molecule has 0 aromatic heterocycles. The third kappa shape index (κ3) is 8.08. The molecule has 0 saturated carbocycles. The van der Waals surface area contributed by atoms with Crippen molar-refractivity contribution in [2.45, 2.75) is 83.6 Å². The summed E-state index contributed by atoms with van der Waals surface area (Å²) in [7, 11) is 0. The van der Waals surface area contributed by atoms with E-state index in [9.17, 15) is 9.59 Å². The Morgan fingerprint density at radius 2 is 1.62 bits per heavy atom. The molecule has 1 heterocycles. The minimum atomic E-state index is -0.750. The summed E-state index contributed by atoms with van der Waals surface area (Å²) in [5.41, 5.74) is 0.588. The van der Waals surface area contributed by atoms with Gasteiger partial charge in [0.1, 0.15) is 29.6 Å². The quantitative estimate of drug-likeness (QED) is 0.572. The van der Waals surface area contributed by atoms with E-state index >= 15 is 0 Å². The number of rotatable bonds is 5. The molecule has 0 unspecified atom stereocenters. The molecular formula is C28H37NO5. The second-order valence-electron chi connectivity index (χ2n) is 9.97. The van der Waals surface area contributed by atoms with Gasteiger partial charge in [0.05, 0.1) is 0 Å². The molecule has 6 nitrogen and oxygen atoms in total. The zero-order valence-corrected chi connectivity index (χ0v) is 20.7. The van der Waals surface area contributed by atoms with Crippen LogP contribution in [0.25, 0.3) is 0 Å². The molecule has 1 aliphatic rings. The van der Waals surface area contributed by atoms with Crippen LogP contribution in [-0.4, -0.2) is 35.9 Å². The molecule has 34 heavy (non-hydrogen) atoms. The molecule has 4 atom stereocenters. The van der Waals surface area contributed by atoms with Gasteiger partial charge in [0, 0.05) is 5.92 Å². The Labute approximate surface area is 203 Å². The van der Waals surface area contributed by atoms with Gasteiger partial charge in [-0.05, 0) is 64.7 Å². The maximum absolute atomic E-state index is 13.1. The number of para-hydroxylation sites is 1. The number of benzene rings is 2. The number of alkyl carbamates (subject to hydrolysis) is 1. The number of carbonyl (C=O) groups is 2. The van der Waals surface area contributed by atoms with E-state index in [4.69, 9.17) is 14.2 Å². The summed E-state index contributed by atoms with van der Waals surface area (Å²) in [6.45, 7) is 7.24. The molecule has 2 aromatic rings. The zero-order chi connectivity index (χ0) is 24.6. The first-order valence-electron chi connectivity index (χ1n) is 12.2. The van der Waals surface area contributed by atoms with Crippen LogP contribution in [0.4, 0.5) is 4.79 Å². The summed E-state index contributed by atoms with van der Waals surface area (Å²) in [5.74, 6) is 0.454. The van der Waals surface area contributed by atoms with Crippen molar-refractivity contribution in [3.05, 3.63) is 66.2 Å². The highest BCUT2D eigenvalue weighted by Crippen LogP contribution is 2.28. The van der Waals surface area contributed by atoms with E-state index in [0.717, 1.165) is 31.4 Å². The fourth-order valence-corrected chi connectivity index (χ4v) is 4.32. The molecule has 1 amide bonds. The summed E-state index contributed by atoms with van der Waals surface area (Å²) in [5, 5.41) is 2.70. The van der Waals surface area contributed by atoms with E-state index in [1.807, 2.05) is 55.5 Å². The van der Waals surface area contributed by atoms with Crippen molar-refractivity contribution in [1.29, 1.82) is 0 Å². The molecule has 0 spiro atoms. The Morgan fingerprint density at radius 3 is 2.26 bits per heavy atom. The van der Waals surface area contributed by atoms with E-state index in [1.165, 1.54) is 5.56 Å². The number of ether oxygens (including phenoxy) is 3. The van der Waals surface area contributed by atoms with Gasteiger partial charge >= 0.3 is 12.1 Å². The number of esters is 1. The number of carbonyl (C=O) groups excluding carboxylic acids is 2. The van der Waals surface area contributed by atoms with E-state index in [2.05, 4.69) is 17.4 Å². The van der Waals surface area contributed by atoms with Crippen LogP contribution in [0, 0.1) is 5.92 Å². The normalized spacial score (nSPS) is 23.9. The second-order valence-corrected chi connectivity index (χ2v) is 9.97. The molecule has 1 saturated heterocycles. The van der Waals surface area contributed by atoms with Crippen LogP contribution in [0.3, 0.4) is 0 Å². The standard InChI is InChI=1S/C28H37NO5/c1-20-25(33-23-16-9-6-10-17-23)22(19-21-13-7-5-8-14-21)15-11-12-18-24(26(30)32-20)29-27(31)34-28(2,3)4/h5-10,13-14,16-17,20,22,24-25H,11-12,15,18-19H2,1-4H3,(H,29,31)/t20-,22+,24-,25-/m0/s1. The molecule has 1 N–H and O–H groups in total. The molecule has 0 aliphatic carbocycles. The lowest BCUT2D eigenvalue weighted by molar-refractivity contribution is -0.157. The summed E-state index contributed by atoms with van der Waals surface area (Å²) in [6.07, 6.45) is 2.53. The van der Waals surface area contributed by atoms with Crippen LogP contribution >= 0.6 is 0 Å². The molecule has 184 valence electrons. The summed E-state index contributed by atoms with van der Waals surface area (Å²) in [6, 6.07) is 19.2. The Balaban J connectivity index is 1.78. The number of amides is 1. The molecule has 6 heteroatoms. The van der Waals surface area contributed by atoms with Gasteiger partial charge in [-0.2, -0.15) is 0 Å². The van der Waals surface area contributed by atoms with Crippen LogP contribution in [0.1, 0.15) is 58.9 Å². The Kier molecular flexibility index (Phi) is 8.97. The Hall–Kier alpha value is -3.02. The number of hydrogen-bond acceptors (Lipinski definition) is 5. The average Bonchev–Trinajstić information content (AvgIpc) is 2.78. The number of cyclic esters (lactones) is 1. The fraction of sp³-hybridized carbons (Fsp3) is 0.500. The molecule has 0 bridgehead atoms. The van der Waals surface area contributed by atoms with Crippen molar-refractivity contribution in [2.75, 3.05) is 0 Å². The van der Waals surface area contributed by atoms with Gasteiger partial charge in [-0.25, -0.2) is 9.59 Å². The third-order valence-corrected chi connectivity index (χ3v) is 5.88. The minimum absolute atomic E-state index is 0.167. The van der Waals surface area contributed by atoms with Crippen molar-refractivity contribution < 1.29 is 23.8 Å². The Bertz CT molecular complexity index is 909. The van der Waals surface area contributed by atoms with Gasteiger partial charge in [-0.1, -0.05) is 61.4 Å². The smallest absolute Gasteiger partial charge is 0.408 e. The van der Waals surface area contributed by atoms with Crippen molar-refractivity contribution in [1.82, 2.24) is 5.32 Å². The zero-order valence-electron chi connectivity index (χ0n) is 20.7. The number of nitrogens with one attached hydrogen (secondary N) is 1. The van der Waals surface area contributed by atoms with Gasteiger partial charge in [0.2, 0.25) is 0 Å². The van der Waals surface area contributed by atoms with Crippen LogP contribution in [-0.2, 0) is 20.7 Å². The highest BCUT2D eigenvalue weighted by Gasteiger charge is 2.35. The maximum atomic E-state index is 13.1. The predicted octanol–water partition coefficient (Wildman–Crippen LogP) is 5.69. The monoisotopic (exact) mass is 467 g/mol. The molecule has 3 rings (SSSR count). The molecular weight excluding hydrogens is 430 g/mol. The van der Waals surface area contributed by atoms with E-state index in [-0.39, 0.29) is 12.0 Å². The van der Waals surface area contributed by atoms with E-state index in [1.54, 1.807) is 20.8 Å². The van der Waals surface area contributed by atoms with Gasteiger partial charge in [0.15, 0.2) is 0 Å². The maximum Gasteiger partial charge on any atom is 0.408 e. The van der Waals surface area contributed by atoms with Crippen LogP contribution in [0.15, 0.2) is 60.7 Å². The predicted molar refractivity (Wildman–Crippen MR) is 132 cm³/mol. The first-order chi connectivity index (χ1) is 16.2. The van der Waals surface area contributed by atoms with E-state index in [0.29, 0.717) is 6.42 Å². The SMILES string of the molecule is C[C@@H]1OC(=O)[C@@H](NC(=O)OC(C)(C)C)CCCC[C@H](Cc2ccccc2)[C@H]1Oc1ccccc1. The third-order valence-electron chi connectivity index (χ3n) is 5.88.